The fraction of sp³-hybridized carbons (Fsp3) is 0.0952. The van der Waals surface area contributed by atoms with Gasteiger partial charge in [-0.25, -0.2) is 9.82 Å². The van der Waals surface area contributed by atoms with Crippen LogP contribution in [0.3, 0.4) is 0 Å². The molecule has 0 fully saturated rings. The molecule has 0 spiro atoms. The Bertz CT molecular complexity index is 1060. The van der Waals surface area contributed by atoms with Crippen molar-refractivity contribution in [3.8, 4) is 0 Å². The number of hydrazone groups is 1. The summed E-state index contributed by atoms with van der Waals surface area (Å²) in [6, 6.07) is 16.7. The Morgan fingerprint density at radius 2 is 1.96 bits per heavy atom. The number of rotatable bonds is 5. The van der Waals surface area contributed by atoms with E-state index < -0.39 is 17.3 Å². The van der Waals surface area contributed by atoms with Crippen molar-refractivity contribution in [2.45, 2.75) is 13.5 Å². The molecule has 0 atom stereocenters. The normalized spacial score (nSPS) is 10.9. The van der Waals surface area contributed by atoms with Crippen LogP contribution in [0.25, 0.3) is 0 Å². The zero-order valence-corrected chi connectivity index (χ0v) is 14.7. The number of amides is 1. The third kappa shape index (κ3) is 4.76. The van der Waals surface area contributed by atoms with Gasteiger partial charge in [0.1, 0.15) is 11.4 Å². The van der Waals surface area contributed by atoms with E-state index in [1.165, 1.54) is 29.0 Å². The maximum absolute atomic E-state index is 13.1. The Hall–Kier alpha value is -3.54. The second-order valence-corrected chi connectivity index (χ2v) is 6.10. The number of hydrogen-bond donors (Lipinski definition) is 1. The van der Waals surface area contributed by atoms with E-state index in [0.29, 0.717) is 12.1 Å². The Kier molecular flexibility index (Phi) is 5.56. The van der Waals surface area contributed by atoms with E-state index in [0.717, 1.165) is 11.1 Å². The average Bonchev–Trinajstić information content (AvgIpc) is 2.63. The summed E-state index contributed by atoms with van der Waals surface area (Å²) in [5.41, 5.74) is 4.45. The van der Waals surface area contributed by atoms with Gasteiger partial charge < -0.3 is 4.57 Å². The molecule has 3 aromatic rings. The summed E-state index contributed by atoms with van der Waals surface area (Å²) in [7, 11) is 0. The molecule has 0 aliphatic rings. The van der Waals surface area contributed by atoms with Gasteiger partial charge >= 0.3 is 0 Å². The number of halogens is 1. The first-order chi connectivity index (χ1) is 13.0. The van der Waals surface area contributed by atoms with Gasteiger partial charge in [-0.05, 0) is 42.3 Å². The number of carbonyl (C=O) groups excluding carboxylic acids is 1. The summed E-state index contributed by atoms with van der Waals surface area (Å²) in [5.74, 6) is -1.02. The summed E-state index contributed by atoms with van der Waals surface area (Å²) >= 11 is 0. The Morgan fingerprint density at radius 1 is 1.15 bits per heavy atom. The van der Waals surface area contributed by atoms with Crippen LogP contribution in [0.1, 0.15) is 27.0 Å². The summed E-state index contributed by atoms with van der Waals surface area (Å²) in [5, 5.41) is 3.79. The van der Waals surface area contributed by atoms with Crippen LogP contribution in [0.2, 0.25) is 0 Å². The number of aromatic nitrogens is 1. The average molecular weight is 363 g/mol. The van der Waals surface area contributed by atoms with E-state index in [9.17, 15) is 14.0 Å². The van der Waals surface area contributed by atoms with E-state index in [4.69, 9.17) is 0 Å². The van der Waals surface area contributed by atoms with Gasteiger partial charge in [0, 0.05) is 6.20 Å². The van der Waals surface area contributed by atoms with Gasteiger partial charge in [-0.1, -0.05) is 42.0 Å². The smallest absolute Gasteiger partial charge is 0.276 e. The van der Waals surface area contributed by atoms with Crippen molar-refractivity contribution in [3.63, 3.8) is 0 Å². The monoisotopic (exact) mass is 363 g/mol. The molecule has 3 rings (SSSR count). The molecule has 0 saturated heterocycles. The third-order valence-corrected chi connectivity index (χ3v) is 3.93. The highest BCUT2D eigenvalue weighted by Gasteiger charge is 2.11. The van der Waals surface area contributed by atoms with Gasteiger partial charge in [0.05, 0.1) is 12.8 Å². The molecule has 0 radical (unpaired) electrons. The van der Waals surface area contributed by atoms with E-state index in [2.05, 4.69) is 10.5 Å². The Labute approximate surface area is 155 Å². The molecule has 136 valence electrons. The molecule has 1 heterocycles. The van der Waals surface area contributed by atoms with E-state index >= 15 is 0 Å². The van der Waals surface area contributed by atoms with E-state index in [1.807, 2.05) is 31.2 Å². The lowest BCUT2D eigenvalue weighted by Gasteiger charge is -2.08. The lowest BCUT2D eigenvalue weighted by atomic mass is 10.1. The molecule has 1 aromatic heterocycles. The second kappa shape index (κ2) is 8.23. The molecule has 0 aliphatic carbocycles. The number of aryl methyl sites for hydroxylation is 1. The van der Waals surface area contributed by atoms with Crippen molar-refractivity contribution >= 4 is 12.1 Å². The third-order valence-electron chi connectivity index (χ3n) is 3.93. The highest BCUT2D eigenvalue weighted by molar-refractivity contribution is 5.94. The van der Waals surface area contributed by atoms with Crippen LogP contribution in [0, 0.1) is 12.7 Å². The zero-order chi connectivity index (χ0) is 19.2. The predicted octanol–water partition coefficient (Wildman–Crippen LogP) is 3.11. The van der Waals surface area contributed by atoms with Crippen molar-refractivity contribution in [1.82, 2.24) is 9.99 Å². The number of pyridine rings is 1. The largest absolute Gasteiger partial charge is 0.310 e. The van der Waals surface area contributed by atoms with Crippen molar-refractivity contribution in [1.29, 1.82) is 0 Å². The van der Waals surface area contributed by atoms with Gasteiger partial charge in [0.2, 0.25) is 0 Å². The molecule has 0 saturated carbocycles. The van der Waals surface area contributed by atoms with Gasteiger partial charge in [0.25, 0.3) is 11.5 Å². The lowest BCUT2D eigenvalue weighted by Crippen LogP contribution is -2.30. The van der Waals surface area contributed by atoms with E-state index in [1.54, 1.807) is 24.4 Å². The minimum atomic E-state index is -0.619. The number of nitrogens with zero attached hydrogens (tertiary/aromatic N) is 2. The molecule has 0 bridgehead atoms. The maximum Gasteiger partial charge on any atom is 0.276 e. The number of nitrogens with one attached hydrogen (secondary N) is 1. The van der Waals surface area contributed by atoms with Crippen LogP contribution in [0.4, 0.5) is 4.39 Å². The fourth-order valence-electron chi connectivity index (χ4n) is 2.65. The molecule has 5 nitrogen and oxygen atoms in total. The van der Waals surface area contributed by atoms with E-state index in [-0.39, 0.29) is 5.56 Å². The minimum Gasteiger partial charge on any atom is -0.310 e. The van der Waals surface area contributed by atoms with Crippen molar-refractivity contribution in [3.05, 3.63) is 105 Å². The van der Waals surface area contributed by atoms with Crippen LogP contribution in [-0.4, -0.2) is 16.7 Å². The summed E-state index contributed by atoms with van der Waals surface area (Å²) in [6.07, 6.45) is 2.95. The van der Waals surface area contributed by atoms with Gasteiger partial charge in [-0.3, -0.25) is 9.59 Å². The number of benzene rings is 2. The molecular weight excluding hydrogens is 345 g/mol. The summed E-state index contributed by atoms with van der Waals surface area (Å²) in [6.45, 7) is 2.35. The van der Waals surface area contributed by atoms with Gasteiger partial charge in [0.15, 0.2) is 0 Å². The SMILES string of the molecule is Cc1cccc(Cn2cccc(C(=O)N/N=C\c3cccc(F)c3)c2=O)c1. The highest BCUT2D eigenvalue weighted by atomic mass is 19.1. The molecule has 0 unspecified atom stereocenters. The van der Waals surface area contributed by atoms with Crippen molar-refractivity contribution in [2.75, 3.05) is 0 Å². The Balaban J connectivity index is 1.74. The maximum atomic E-state index is 13.1. The first kappa shape index (κ1) is 18.3. The quantitative estimate of drug-likeness (QED) is 0.559. The second-order valence-electron chi connectivity index (χ2n) is 6.10. The van der Waals surface area contributed by atoms with Crippen LogP contribution in [0.15, 0.2) is 76.8 Å². The van der Waals surface area contributed by atoms with Crippen LogP contribution >= 0.6 is 0 Å². The lowest BCUT2D eigenvalue weighted by molar-refractivity contribution is 0.0953. The fourth-order valence-corrected chi connectivity index (χ4v) is 2.65. The first-order valence-electron chi connectivity index (χ1n) is 8.37. The van der Waals surface area contributed by atoms with Crippen molar-refractivity contribution in [2.24, 2.45) is 5.10 Å². The van der Waals surface area contributed by atoms with Gasteiger partial charge in [-0.15, -0.1) is 0 Å². The zero-order valence-electron chi connectivity index (χ0n) is 14.7. The molecule has 6 heteroatoms. The molecule has 2 aromatic carbocycles. The standard InChI is InChI=1S/C21H18FN3O2/c1-15-5-2-7-17(11-15)14-25-10-4-9-19(21(25)27)20(26)24-23-13-16-6-3-8-18(22)12-16/h2-13H,14H2,1H3,(H,24,26)/b23-13-. The molecular formula is C21H18FN3O2. The predicted molar refractivity (Wildman–Crippen MR) is 102 cm³/mol. The molecule has 1 amide bonds. The first-order valence-corrected chi connectivity index (χ1v) is 8.37. The number of hydrogen-bond acceptors (Lipinski definition) is 3. The van der Waals surface area contributed by atoms with Crippen LogP contribution in [0.5, 0.6) is 0 Å². The summed E-state index contributed by atoms with van der Waals surface area (Å²) in [4.78, 5) is 24.8. The number of carbonyl (C=O) groups is 1. The minimum absolute atomic E-state index is 0.0125. The molecule has 27 heavy (non-hydrogen) atoms. The molecule has 1 N–H and O–H groups in total. The molecule has 0 aliphatic heterocycles. The topological polar surface area (TPSA) is 63.5 Å². The van der Waals surface area contributed by atoms with Crippen LogP contribution in [-0.2, 0) is 6.54 Å². The van der Waals surface area contributed by atoms with Crippen molar-refractivity contribution < 1.29 is 9.18 Å². The van der Waals surface area contributed by atoms with Crippen LogP contribution < -0.4 is 11.0 Å². The summed E-state index contributed by atoms with van der Waals surface area (Å²) < 4.78 is 14.6. The van der Waals surface area contributed by atoms with Gasteiger partial charge in [-0.2, -0.15) is 5.10 Å². The highest BCUT2D eigenvalue weighted by Crippen LogP contribution is 2.06. The Morgan fingerprint density at radius 3 is 2.74 bits per heavy atom.